The Morgan fingerprint density at radius 3 is 1.83 bits per heavy atom. The minimum Gasteiger partial charge on any atom is -0.480 e. The van der Waals surface area contributed by atoms with Crippen LogP contribution in [0, 0.1) is 22.7 Å². The average molecular weight is 321 g/mol. The Kier molecular flexibility index (Phi) is 6.14. The lowest BCUT2D eigenvalue weighted by molar-refractivity contribution is -0.146. The molecule has 0 aliphatic carbocycles. The normalized spacial score (nSPS) is 13.2. The van der Waals surface area contributed by atoms with Crippen LogP contribution < -0.4 is 0 Å². The molecule has 0 radical (unpaired) electrons. The summed E-state index contributed by atoms with van der Waals surface area (Å²) in [5.74, 6) is -0.913. The van der Waals surface area contributed by atoms with Gasteiger partial charge in [0.05, 0.1) is 6.07 Å². The molecule has 2 aromatic carbocycles. The summed E-state index contributed by atoms with van der Waals surface area (Å²) in [4.78, 5) is 11.7. The number of carboxylic acid groups (broad SMARTS) is 1. The minimum atomic E-state index is -1.31. The van der Waals surface area contributed by atoms with E-state index in [-0.39, 0.29) is 5.92 Å². The van der Waals surface area contributed by atoms with Crippen LogP contribution >= 0.6 is 0 Å². The van der Waals surface area contributed by atoms with Crippen molar-refractivity contribution in [3.63, 3.8) is 0 Å². The van der Waals surface area contributed by atoms with Gasteiger partial charge in [0, 0.05) is 0 Å². The molecule has 0 saturated heterocycles. The largest absolute Gasteiger partial charge is 0.480 e. The molecule has 1 atom stereocenters. The van der Waals surface area contributed by atoms with E-state index in [1.807, 2.05) is 36.4 Å². The van der Waals surface area contributed by atoms with Gasteiger partial charge in [-0.2, -0.15) is 5.26 Å². The third-order valence-corrected chi connectivity index (χ3v) is 4.60. The molecule has 2 aromatic rings. The van der Waals surface area contributed by atoms with Crippen LogP contribution in [0.3, 0.4) is 0 Å². The highest BCUT2D eigenvalue weighted by atomic mass is 16.4. The first-order chi connectivity index (χ1) is 11.6. The highest BCUT2D eigenvalue weighted by Gasteiger charge is 2.39. The first-order valence-electron chi connectivity index (χ1n) is 8.32. The molecule has 0 spiro atoms. The molecule has 0 saturated carbocycles. The number of nitrogens with zero attached hydrogens (tertiary/aromatic N) is 1. The summed E-state index contributed by atoms with van der Waals surface area (Å²) >= 11 is 0. The quantitative estimate of drug-likeness (QED) is 0.779. The van der Waals surface area contributed by atoms with Crippen LogP contribution in [0.25, 0.3) is 0 Å². The molecule has 0 aliphatic rings. The second kappa shape index (κ2) is 8.31. The molecule has 1 N–H and O–H groups in total. The maximum atomic E-state index is 11.7. The number of benzene rings is 2. The molecule has 24 heavy (non-hydrogen) atoms. The molecule has 3 nitrogen and oxygen atoms in total. The summed E-state index contributed by atoms with van der Waals surface area (Å²) in [5.41, 5.74) is 1.03. The summed E-state index contributed by atoms with van der Waals surface area (Å²) in [6.07, 6.45) is 2.22. The smallest absolute Gasteiger partial charge is 0.324 e. The molecule has 1 unspecified atom stereocenters. The van der Waals surface area contributed by atoms with Gasteiger partial charge in [-0.05, 0) is 42.7 Å². The summed E-state index contributed by atoms with van der Waals surface area (Å²) in [7, 11) is 0. The molecule has 3 heteroatoms. The van der Waals surface area contributed by atoms with Crippen molar-refractivity contribution >= 4 is 5.97 Å². The topological polar surface area (TPSA) is 61.1 Å². The molecule has 0 aliphatic heterocycles. The van der Waals surface area contributed by atoms with Crippen molar-refractivity contribution in [2.24, 2.45) is 11.3 Å². The predicted octanol–water partition coefficient (Wildman–Crippen LogP) is 4.48. The lowest BCUT2D eigenvalue weighted by Gasteiger charge is -2.26. The van der Waals surface area contributed by atoms with Crippen molar-refractivity contribution in [1.29, 1.82) is 5.26 Å². The minimum absolute atomic E-state index is 0.102. The Morgan fingerprint density at radius 2 is 1.50 bits per heavy atom. The standard InChI is InChI=1S/C21H23NO2/c1-2-21(16-22,20(23)24)15-19(13-17-9-5-3-6-10-17)14-18-11-7-4-8-12-18/h3-12,19H,2,13-15H2,1H3,(H,23,24). The number of hydrogen-bond acceptors (Lipinski definition) is 2. The Bertz CT molecular complexity index is 649. The van der Waals surface area contributed by atoms with Crippen LogP contribution in [0.4, 0.5) is 0 Å². The molecule has 0 amide bonds. The van der Waals surface area contributed by atoms with Crippen LogP contribution in [0.2, 0.25) is 0 Å². The van der Waals surface area contributed by atoms with Gasteiger partial charge >= 0.3 is 5.97 Å². The second-order valence-corrected chi connectivity index (χ2v) is 6.30. The highest BCUT2D eigenvalue weighted by Crippen LogP contribution is 2.33. The van der Waals surface area contributed by atoms with Gasteiger partial charge in [0.25, 0.3) is 0 Å². The van der Waals surface area contributed by atoms with E-state index in [4.69, 9.17) is 0 Å². The fourth-order valence-corrected chi connectivity index (χ4v) is 3.16. The van der Waals surface area contributed by atoms with Crippen molar-refractivity contribution in [2.45, 2.75) is 32.6 Å². The van der Waals surface area contributed by atoms with E-state index in [2.05, 4.69) is 30.3 Å². The van der Waals surface area contributed by atoms with Gasteiger partial charge in [0.15, 0.2) is 5.41 Å². The van der Waals surface area contributed by atoms with Crippen LogP contribution in [0.15, 0.2) is 60.7 Å². The van der Waals surface area contributed by atoms with E-state index in [0.29, 0.717) is 12.8 Å². The Morgan fingerprint density at radius 1 is 1.04 bits per heavy atom. The van der Waals surface area contributed by atoms with Crippen molar-refractivity contribution in [2.75, 3.05) is 0 Å². The van der Waals surface area contributed by atoms with E-state index in [0.717, 1.165) is 12.8 Å². The molecular weight excluding hydrogens is 298 g/mol. The lowest BCUT2D eigenvalue weighted by Crippen LogP contribution is -2.32. The first-order valence-corrected chi connectivity index (χ1v) is 8.32. The monoisotopic (exact) mass is 321 g/mol. The third-order valence-electron chi connectivity index (χ3n) is 4.60. The fourth-order valence-electron chi connectivity index (χ4n) is 3.16. The SMILES string of the molecule is CCC(C#N)(CC(Cc1ccccc1)Cc1ccccc1)C(=O)O. The molecule has 2 rings (SSSR count). The fraction of sp³-hybridized carbons (Fsp3) is 0.333. The maximum Gasteiger partial charge on any atom is 0.324 e. The van der Waals surface area contributed by atoms with Crippen molar-refractivity contribution in [3.8, 4) is 6.07 Å². The van der Waals surface area contributed by atoms with Gasteiger partial charge in [-0.25, -0.2) is 0 Å². The van der Waals surface area contributed by atoms with Crippen molar-refractivity contribution < 1.29 is 9.90 Å². The molecule has 0 heterocycles. The van der Waals surface area contributed by atoms with Crippen molar-refractivity contribution in [1.82, 2.24) is 0 Å². The molecule has 0 fully saturated rings. The van der Waals surface area contributed by atoms with Crippen LogP contribution in [-0.2, 0) is 17.6 Å². The molecular formula is C21H23NO2. The van der Waals surface area contributed by atoms with Gasteiger partial charge < -0.3 is 5.11 Å². The predicted molar refractivity (Wildman–Crippen MR) is 94.4 cm³/mol. The Labute approximate surface area is 143 Å². The van der Waals surface area contributed by atoms with E-state index in [1.165, 1.54) is 11.1 Å². The average Bonchev–Trinajstić information content (AvgIpc) is 2.61. The zero-order valence-electron chi connectivity index (χ0n) is 14.0. The van der Waals surface area contributed by atoms with E-state index in [9.17, 15) is 15.2 Å². The van der Waals surface area contributed by atoms with Crippen LogP contribution in [0.5, 0.6) is 0 Å². The van der Waals surface area contributed by atoms with E-state index < -0.39 is 11.4 Å². The maximum absolute atomic E-state index is 11.7. The molecule has 124 valence electrons. The highest BCUT2D eigenvalue weighted by molar-refractivity contribution is 5.77. The van der Waals surface area contributed by atoms with E-state index in [1.54, 1.807) is 6.92 Å². The molecule has 0 bridgehead atoms. The van der Waals surface area contributed by atoms with Crippen molar-refractivity contribution in [3.05, 3.63) is 71.8 Å². The van der Waals surface area contributed by atoms with Gasteiger partial charge in [0.1, 0.15) is 0 Å². The summed E-state index contributed by atoms with van der Waals surface area (Å²) in [5, 5.41) is 19.1. The number of nitriles is 1. The Balaban J connectivity index is 2.25. The second-order valence-electron chi connectivity index (χ2n) is 6.30. The van der Waals surface area contributed by atoms with Gasteiger partial charge in [-0.3, -0.25) is 4.79 Å². The van der Waals surface area contributed by atoms with Gasteiger partial charge in [-0.1, -0.05) is 67.6 Å². The van der Waals surface area contributed by atoms with Crippen LogP contribution in [0.1, 0.15) is 30.9 Å². The van der Waals surface area contributed by atoms with Gasteiger partial charge in [-0.15, -0.1) is 0 Å². The van der Waals surface area contributed by atoms with E-state index >= 15 is 0 Å². The first kappa shape index (κ1) is 17.7. The number of hydrogen-bond donors (Lipinski definition) is 1. The zero-order chi connectivity index (χ0) is 17.4. The number of carbonyl (C=O) groups is 1. The Hall–Kier alpha value is -2.60. The summed E-state index contributed by atoms with van der Waals surface area (Å²) < 4.78 is 0. The summed E-state index contributed by atoms with van der Waals surface area (Å²) in [6.45, 7) is 1.78. The lowest BCUT2D eigenvalue weighted by atomic mass is 9.75. The summed E-state index contributed by atoms with van der Waals surface area (Å²) in [6, 6.07) is 22.2. The number of rotatable bonds is 8. The number of aliphatic carboxylic acids is 1. The third kappa shape index (κ3) is 4.45. The number of carboxylic acids is 1. The zero-order valence-corrected chi connectivity index (χ0v) is 14.0. The van der Waals surface area contributed by atoms with Gasteiger partial charge in [0.2, 0.25) is 0 Å². The molecule has 0 aromatic heterocycles. The van der Waals surface area contributed by atoms with Crippen LogP contribution in [-0.4, -0.2) is 11.1 Å².